The van der Waals surface area contributed by atoms with Crippen LogP contribution in [0.2, 0.25) is 0 Å². The van der Waals surface area contributed by atoms with Crippen molar-refractivity contribution in [3.63, 3.8) is 0 Å². The average molecular weight is 301 g/mol. The van der Waals surface area contributed by atoms with Crippen molar-refractivity contribution < 1.29 is 0 Å². The first-order chi connectivity index (χ1) is 10.2. The molecule has 0 aliphatic rings. The van der Waals surface area contributed by atoms with Crippen LogP contribution in [-0.4, -0.2) is 16.5 Å². The predicted octanol–water partition coefficient (Wildman–Crippen LogP) is 4.25. The van der Waals surface area contributed by atoms with E-state index in [0.717, 1.165) is 30.2 Å². The number of rotatable bonds is 7. The Morgan fingerprint density at radius 2 is 1.76 bits per heavy atom. The summed E-state index contributed by atoms with van der Waals surface area (Å²) in [5.74, 6) is 0.565. The molecule has 0 spiro atoms. The van der Waals surface area contributed by atoms with Gasteiger partial charge in [-0.1, -0.05) is 32.9 Å². The molecule has 21 heavy (non-hydrogen) atoms. The average Bonchev–Trinajstić information content (AvgIpc) is 2.50. The predicted molar refractivity (Wildman–Crippen MR) is 88.7 cm³/mol. The van der Waals surface area contributed by atoms with Crippen LogP contribution >= 0.6 is 11.8 Å². The first-order valence-corrected chi connectivity index (χ1v) is 8.30. The van der Waals surface area contributed by atoms with Gasteiger partial charge < -0.3 is 5.32 Å². The van der Waals surface area contributed by atoms with E-state index in [4.69, 9.17) is 0 Å². The summed E-state index contributed by atoms with van der Waals surface area (Å²) in [5.41, 5.74) is 2.49. The maximum absolute atomic E-state index is 4.42. The van der Waals surface area contributed by atoms with Crippen molar-refractivity contribution in [3.8, 4) is 0 Å². The fourth-order valence-electron chi connectivity index (χ4n) is 1.92. The van der Waals surface area contributed by atoms with E-state index in [1.54, 1.807) is 11.8 Å². The lowest BCUT2D eigenvalue weighted by molar-refractivity contribution is 0.669. The van der Waals surface area contributed by atoms with Gasteiger partial charge in [-0.15, -0.1) is 0 Å². The monoisotopic (exact) mass is 301 g/mol. The van der Waals surface area contributed by atoms with Crippen molar-refractivity contribution in [1.82, 2.24) is 15.3 Å². The Bertz CT molecular complexity index is 535. The molecule has 2 aromatic rings. The molecule has 1 N–H and O–H groups in total. The van der Waals surface area contributed by atoms with Gasteiger partial charge in [0, 0.05) is 29.4 Å². The Morgan fingerprint density at radius 3 is 2.33 bits per heavy atom. The molecule has 1 aromatic heterocycles. The molecule has 0 saturated heterocycles. The van der Waals surface area contributed by atoms with Crippen molar-refractivity contribution in [2.24, 2.45) is 0 Å². The molecule has 0 atom stereocenters. The number of aromatic nitrogens is 2. The van der Waals surface area contributed by atoms with Crippen LogP contribution in [0.5, 0.6) is 0 Å². The Balaban J connectivity index is 1.93. The van der Waals surface area contributed by atoms with E-state index in [1.165, 1.54) is 10.5 Å². The second kappa shape index (κ2) is 8.15. The largest absolute Gasteiger partial charge is 0.313 e. The van der Waals surface area contributed by atoms with E-state index < -0.39 is 0 Å². The van der Waals surface area contributed by atoms with Gasteiger partial charge in [-0.2, -0.15) is 0 Å². The minimum Gasteiger partial charge on any atom is -0.313 e. The molecule has 0 amide bonds. The molecule has 0 aliphatic carbocycles. The lowest BCUT2D eigenvalue weighted by Gasteiger charge is -2.06. The third-order valence-corrected chi connectivity index (χ3v) is 4.09. The van der Waals surface area contributed by atoms with Crippen molar-refractivity contribution in [2.45, 2.75) is 49.7 Å². The van der Waals surface area contributed by atoms with Gasteiger partial charge in [-0.25, -0.2) is 9.97 Å². The standard InChI is InChI=1S/C17H23N3S/c1-4-9-18-10-14-11-19-17(20-12-14)21-16-7-5-15(6-8-16)13(2)3/h5-8,11-13,18H,4,9-10H2,1-3H3. The zero-order valence-electron chi connectivity index (χ0n) is 13.0. The van der Waals surface area contributed by atoms with E-state index >= 15 is 0 Å². The number of hydrogen-bond donors (Lipinski definition) is 1. The lowest BCUT2D eigenvalue weighted by atomic mass is 10.0. The van der Waals surface area contributed by atoms with Crippen LogP contribution in [0.25, 0.3) is 0 Å². The van der Waals surface area contributed by atoms with Gasteiger partial charge in [0.05, 0.1) is 0 Å². The maximum atomic E-state index is 4.42. The third-order valence-electron chi connectivity index (χ3n) is 3.19. The zero-order valence-corrected chi connectivity index (χ0v) is 13.8. The second-order valence-electron chi connectivity index (χ2n) is 5.38. The molecular formula is C17H23N3S. The molecule has 1 heterocycles. The first kappa shape index (κ1) is 16.0. The highest BCUT2D eigenvalue weighted by Crippen LogP contribution is 2.26. The second-order valence-corrected chi connectivity index (χ2v) is 6.42. The van der Waals surface area contributed by atoms with Crippen LogP contribution in [0.3, 0.4) is 0 Å². The van der Waals surface area contributed by atoms with E-state index in [9.17, 15) is 0 Å². The summed E-state index contributed by atoms with van der Waals surface area (Å²) in [6, 6.07) is 8.63. The van der Waals surface area contributed by atoms with Gasteiger partial charge in [0.2, 0.25) is 0 Å². The molecule has 2 rings (SSSR count). The van der Waals surface area contributed by atoms with Crippen LogP contribution in [0, 0.1) is 0 Å². The van der Waals surface area contributed by atoms with Gasteiger partial charge in [-0.3, -0.25) is 0 Å². The van der Waals surface area contributed by atoms with Gasteiger partial charge in [0.1, 0.15) is 0 Å². The van der Waals surface area contributed by atoms with Crippen LogP contribution in [-0.2, 0) is 6.54 Å². The number of nitrogens with one attached hydrogen (secondary N) is 1. The van der Waals surface area contributed by atoms with E-state index in [-0.39, 0.29) is 0 Å². The van der Waals surface area contributed by atoms with Gasteiger partial charge in [-0.05, 0) is 48.3 Å². The Kier molecular flexibility index (Phi) is 6.21. The highest BCUT2D eigenvalue weighted by molar-refractivity contribution is 7.99. The molecule has 0 radical (unpaired) electrons. The van der Waals surface area contributed by atoms with Crippen LogP contribution in [0.4, 0.5) is 0 Å². The fraction of sp³-hybridized carbons (Fsp3) is 0.412. The van der Waals surface area contributed by atoms with Crippen molar-refractivity contribution in [2.75, 3.05) is 6.54 Å². The number of nitrogens with zero attached hydrogens (tertiary/aromatic N) is 2. The topological polar surface area (TPSA) is 37.8 Å². The van der Waals surface area contributed by atoms with E-state index in [2.05, 4.69) is 60.3 Å². The summed E-state index contributed by atoms with van der Waals surface area (Å²) >= 11 is 1.60. The fourth-order valence-corrected chi connectivity index (χ4v) is 2.62. The molecule has 3 nitrogen and oxygen atoms in total. The van der Waals surface area contributed by atoms with Crippen LogP contribution < -0.4 is 5.32 Å². The van der Waals surface area contributed by atoms with E-state index in [0.29, 0.717) is 5.92 Å². The normalized spacial score (nSPS) is 11.0. The van der Waals surface area contributed by atoms with Crippen molar-refractivity contribution in [3.05, 3.63) is 47.8 Å². The van der Waals surface area contributed by atoms with Crippen molar-refractivity contribution >= 4 is 11.8 Å². The zero-order chi connectivity index (χ0) is 15.1. The molecule has 0 saturated carbocycles. The molecule has 1 aromatic carbocycles. The minimum atomic E-state index is 0.565. The summed E-state index contributed by atoms with van der Waals surface area (Å²) in [7, 11) is 0. The quantitative estimate of drug-likeness (QED) is 0.613. The summed E-state index contributed by atoms with van der Waals surface area (Å²) in [6.45, 7) is 8.43. The summed E-state index contributed by atoms with van der Waals surface area (Å²) in [6.07, 6.45) is 4.95. The highest BCUT2D eigenvalue weighted by Gasteiger charge is 2.03. The smallest absolute Gasteiger partial charge is 0.192 e. The molecule has 0 aliphatic heterocycles. The Morgan fingerprint density at radius 1 is 1.10 bits per heavy atom. The van der Waals surface area contributed by atoms with Crippen LogP contribution in [0.15, 0.2) is 46.7 Å². The molecule has 0 bridgehead atoms. The minimum absolute atomic E-state index is 0.565. The SMILES string of the molecule is CCCNCc1cnc(Sc2ccc(C(C)C)cc2)nc1. The van der Waals surface area contributed by atoms with Crippen LogP contribution in [0.1, 0.15) is 44.2 Å². The Labute approximate surface area is 131 Å². The molecule has 112 valence electrons. The maximum Gasteiger partial charge on any atom is 0.192 e. The number of hydrogen-bond acceptors (Lipinski definition) is 4. The van der Waals surface area contributed by atoms with Crippen molar-refractivity contribution in [1.29, 1.82) is 0 Å². The summed E-state index contributed by atoms with van der Waals surface area (Å²) in [5, 5.41) is 4.15. The Hall–Kier alpha value is -1.39. The molecule has 0 fully saturated rings. The molecule has 4 heteroatoms. The third kappa shape index (κ3) is 5.14. The molecule has 0 unspecified atom stereocenters. The highest BCUT2D eigenvalue weighted by atomic mass is 32.2. The molecular weight excluding hydrogens is 278 g/mol. The summed E-state index contributed by atoms with van der Waals surface area (Å²) < 4.78 is 0. The van der Waals surface area contributed by atoms with Gasteiger partial charge in [0.15, 0.2) is 5.16 Å². The summed E-state index contributed by atoms with van der Waals surface area (Å²) in [4.78, 5) is 10.0. The van der Waals surface area contributed by atoms with E-state index in [1.807, 2.05) is 12.4 Å². The van der Waals surface area contributed by atoms with Gasteiger partial charge >= 0.3 is 0 Å². The number of benzene rings is 1. The lowest BCUT2D eigenvalue weighted by Crippen LogP contribution is -2.14. The first-order valence-electron chi connectivity index (χ1n) is 7.48. The van der Waals surface area contributed by atoms with Gasteiger partial charge in [0.25, 0.3) is 0 Å².